The van der Waals surface area contributed by atoms with Gasteiger partial charge >= 0.3 is 0 Å². The van der Waals surface area contributed by atoms with Crippen molar-refractivity contribution in [2.24, 2.45) is 0 Å². The van der Waals surface area contributed by atoms with E-state index in [0.717, 1.165) is 0 Å². The molecule has 1 unspecified atom stereocenters. The highest BCUT2D eigenvalue weighted by molar-refractivity contribution is 5.79. The van der Waals surface area contributed by atoms with Crippen LogP contribution in [0.25, 0.3) is 0 Å². The Morgan fingerprint density at radius 3 is 2.93 bits per heavy atom. The van der Waals surface area contributed by atoms with Gasteiger partial charge < -0.3 is 4.74 Å². The summed E-state index contributed by atoms with van der Waals surface area (Å²) in [6.45, 7) is 1.64. The van der Waals surface area contributed by atoms with E-state index in [4.69, 9.17) is 11.2 Å². The van der Waals surface area contributed by atoms with Gasteiger partial charge in [0.2, 0.25) is 0 Å². The summed E-state index contributed by atoms with van der Waals surface area (Å²) in [6, 6.07) is 4.15. The molecule has 14 heavy (non-hydrogen) atoms. The Hall–Kier alpha value is -1.82. The van der Waals surface area contributed by atoms with Gasteiger partial charge in [-0.1, -0.05) is 12.0 Å². The standard InChI is InChI=1S/C11H9FO2/c1-3-8(2)14-11-6-4-5-10(12)9(11)7-13/h1,4-8H,2H3. The van der Waals surface area contributed by atoms with Crippen molar-refractivity contribution in [2.75, 3.05) is 0 Å². The number of hydrogen-bond donors (Lipinski definition) is 0. The van der Waals surface area contributed by atoms with Gasteiger partial charge in [-0.15, -0.1) is 6.42 Å². The first-order chi connectivity index (χ1) is 6.69. The highest BCUT2D eigenvalue weighted by atomic mass is 19.1. The molecule has 0 N–H and O–H groups in total. The average molecular weight is 192 g/mol. The maximum Gasteiger partial charge on any atom is 0.156 e. The van der Waals surface area contributed by atoms with E-state index in [2.05, 4.69) is 5.92 Å². The van der Waals surface area contributed by atoms with E-state index in [-0.39, 0.29) is 11.3 Å². The molecule has 1 atom stereocenters. The number of carbonyl (C=O) groups excluding carboxylic acids is 1. The summed E-state index contributed by atoms with van der Waals surface area (Å²) in [4.78, 5) is 10.5. The van der Waals surface area contributed by atoms with Crippen LogP contribution in [-0.2, 0) is 0 Å². The fraction of sp³-hybridized carbons (Fsp3) is 0.182. The number of ether oxygens (including phenoxy) is 1. The number of hydrogen-bond acceptors (Lipinski definition) is 2. The van der Waals surface area contributed by atoms with Crippen molar-refractivity contribution in [3.05, 3.63) is 29.6 Å². The third kappa shape index (κ3) is 2.11. The van der Waals surface area contributed by atoms with E-state index in [9.17, 15) is 9.18 Å². The quantitative estimate of drug-likeness (QED) is 0.541. The molecule has 0 saturated carbocycles. The zero-order valence-corrected chi connectivity index (χ0v) is 7.66. The SMILES string of the molecule is C#CC(C)Oc1cccc(F)c1C=O. The number of rotatable bonds is 3. The van der Waals surface area contributed by atoms with E-state index in [0.29, 0.717) is 6.29 Å². The van der Waals surface area contributed by atoms with E-state index in [1.54, 1.807) is 6.92 Å². The first-order valence-electron chi connectivity index (χ1n) is 4.05. The van der Waals surface area contributed by atoms with Gasteiger partial charge in [0.15, 0.2) is 12.4 Å². The van der Waals surface area contributed by atoms with Crippen LogP contribution in [0.15, 0.2) is 18.2 Å². The fourth-order valence-electron chi connectivity index (χ4n) is 0.959. The van der Waals surface area contributed by atoms with E-state index in [1.807, 2.05) is 0 Å². The molecule has 0 spiro atoms. The van der Waals surface area contributed by atoms with Crippen molar-refractivity contribution < 1.29 is 13.9 Å². The van der Waals surface area contributed by atoms with Crippen LogP contribution in [0.3, 0.4) is 0 Å². The van der Waals surface area contributed by atoms with Crippen LogP contribution in [-0.4, -0.2) is 12.4 Å². The number of halogens is 1. The van der Waals surface area contributed by atoms with Crippen LogP contribution < -0.4 is 4.74 Å². The number of benzene rings is 1. The Balaban J connectivity index is 3.03. The van der Waals surface area contributed by atoms with Gasteiger partial charge in [0.25, 0.3) is 0 Å². The van der Waals surface area contributed by atoms with Gasteiger partial charge in [-0.3, -0.25) is 4.79 Å². The maximum atomic E-state index is 13.0. The lowest BCUT2D eigenvalue weighted by Crippen LogP contribution is -2.10. The largest absolute Gasteiger partial charge is 0.477 e. The minimum atomic E-state index is -0.610. The highest BCUT2D eigenvalue weighted by Gasteiger charge is 2.09. The topological polar surface area (TPSA) is 26.3 Å². The van der Waals surface area contributed by atoms with Gasteiger partial charge in [0, 0.05) is 0 Å². The summed E-state index contributed by atoms with van der Waals surface area (Å²) in [5, 5.41) is 0. The third-order valence-electron chi connectivity index (χ3n) is 1.67. The van der Waals surface area contributed by atoms with Crippen molar-refractivity contribution in [3.8, 4) is 18.1 Å². The maximum absolute atomic E-state index is 13.0. The van der Waals surface area contributed by atoms with Crippen LogP contribution in [0.5, 0.6) is 5.75 Å². The lowest BCUT2D eigenvalue weighted by molar-refractivity contribution is 0.111. The Bertz CT molecular complexity index is 379. The lowest BCUT2D eigenvalue weighted by Gasteiger charge is -2.10. The minimum absolute atomic E-state index is 0.102. The molecule has 1 aromatic carbocycles. The Kier molecular flexibility index (Phi) is 3.24. The summed E-state index contributed by atoms with van der Waals surface area (Å²) < 4.78 is 18.2. The van der Waals surface area contributed by atoms with Crippen LogP contribution in [0, 0.1) is 18.2 Å². The predicted octanol–water partition coefficient (Wildman–Crippen LogP) is 2.04. The van der Waals surface area contributed by atoms with Gasteiger partial charge in [0.1, 0.15) is 11.6 Å². The van der Waals surface area contributed by atoms with E-state index >= 15 is 0 Å². The summed E-state index contributed by atoms with van der Waals surface area (Å²) in [7, 11) is 0. The second-order valence-electron chi connectivity index (χ2n) is 2.70. The molecule has 0 aromatic heterocycles. The second-order valence-corrected chi connectivity index (χ2v) is 2.70. The molecule has 0 radical (unpaired) electrons. The molecule has 0 amide bonds. The average Bonchev–Trinajstić information content (AvgIpc) is 2.18. The summed E-state index contributed by atoms with van der Waals surface area (Å²) >= 11 is 0. The first kappa shape index (κ1) is 10.3. The zero-order chi connectivity index (χ0) is 10.6. The Labute approximate surface area is 81.7 Å². The van der Waals surface area contributed by atoms with Crippen LogP contribution >= 0.6 is 0 Å². The summed E-state index contributed by atoms with van der Waals surface area (Å²) in [6.07, 6.45) is 5.01. The molecule has 0 aliphatic carbocycles. The third-order valence-corrected chi connectivity index (χ3v) is 1.67. The van der Waals surface area contributed by atoms with Gasteiger partial charge in [-0.05, 0) is 19.1 Å². The summed E-state index contributed by atoms with van der Waals surface area (Å²) in [5.74, 6) is 1.89. The number of carbonyl (C=O) groups is 1. The van der Waals surface area contributed by atoms with Crippen molar-refractivity contribution in [3.63, 3.8) is 0 Å². The molecule has 1 aromatic rings. The van der Waals surface area contributed by atoms with Crippen molar-refractivity contribution in [1.29, 1.82) is 0 Å². The van der Waals surface area contributed by atoms with Gasteiger partial charge in [0.05, 0.1) is 5.56 Å². The Morgan fingerprint density at radius 1 is 1.64 bits per heavy atom. The molecule has 2 nitrogen and oxygen atoms in total. The molecule has 0 heterocycles. The fourth-order valence-corrected chi connectivity index (χ4v) is 0.959. The van der Waals surface area contributed by atoms with Crippen LogP contribution in [0.1, 0.15) is 17.3 Å². The Morgan fingerprint density at radius 2 is 2.36 bits per heavy atom. The smallest absolute Gasteiger partial charge is 0.156 e. The predicted molar refractivity (Wildman–Crippen MR) is 50.7 cm³/mol. The first-order valence-corrected chi connectivity index (χ1v) is 4.05. The van der Waals surface area contributed by atoms with Crippen molar-refractivity contribution >= 4 is 6.29 Å². The molecule has 72 valence electrons. The molecular weight excluding hydrogens is 183 g/mol. The minimum Gasteiger partial charge on any atom is -0.477 e. The van der Waals surface area contributed by atoms with Crippen LogP contribution in [0.4, 0.5) is 4.39 Å². The normalized spacial score (nSPS) is 11.5. The number of terminal acetylenes is 1. The summed E-state index contributed by atoms with van der Waals surface area (Å²) in [5.41, 5.74) is -0.102. The van der Waals surface area contributed by atoms with Crippen molar-refractivity contribution in [1.82, 2.24) is 0 Å². The van der Waals surface area contributed by atoms with Gasteiger partial charge in [-0.25, -0.2) is 4.39 Å². The van der Waals surface area contributed by atoms with Crippen LogP contribution in [0.2, 0.25) is 0 Å². The molecule has 0 aliphatic heterocycles. The molecule has 0 fully saturated rings. The van der Waals surface area contributed by atoms with E-state index in [1.165, 1.54) is 18.2 Å². The zero-order valence-electron chi connectivity index (χ0n) is 7.66. The van der Waals surface area contributed by atoms with Gasteiger partial charge in [-0.2, -0.15) is 0 Å². The monoisotopic (exact) mass is 192 g/mol. The molecular formula is C11H9FO2. The molecule has 1 rings (SSSR count). The number of aldehydes is 1. The lowest BCUT2D eigenvalue weighted by atomic mass is 10.2. The molecule has 3 heteroatoms. The molecule has 0 saturated heterocycles. The van der Waals surface area contributed by atoms with Crippen molar-refractivity contribution in [2.45, 2.75) is 13.0 Å². The second kappa shape index (κ2) is 4.43. The highest BCUT2D eigenvalue weighted by Crippen LogP contribution is 2.20. The molecule has 0 bridgehead atoms. The van der Waals surface area contributed by atoms with E-state index < -0.39 is 11.9 Å². The molecule has 0 aliphatic rings.